The van der Waals surface area contributed by atoms with Crippen molar-refractivity contribution in [3.05, 3.63) is 41.2 Å². The van der Waals surface area contributed by atoms with E-state index in [-0.39, 0.29) is 40.2 Å². The Morgan fingerprint density at radius 3 is 2.32 bits per heavy atom. The lowest BCUT2D eigenvalue weighted by Gasteiger charge is -2.66. The minimum absolute atomic E-state index is 0.0346. The third-order valence-corrected chi connectivity index (χ3v) is 11.1. The smallest absolute Gasteiger partial charge is 0.387 e. The minimum atomic E-state index is -3.12. The molecule has 2 aromatic rings. The first-order valence-corrected chi connectivity index (χ1v) is 16.4. The summed E-state index contributed by atoms with van der Waals surface area (Å²) >= 11 is 6.02. The number of benzene rings is 1. The van der Waals surface area contributed by atoms with Crippen molar-refractivity contribution in [2.75, 3.05) is 38.0 Å². The van der Waals surface area contributed by atoms with Gasteiger partial charge in [-0.2, -0.15) is 19.1 Å². The number of rotatable bonds is 10. The van der Waals surface area contributed by atoms with Gasteiger partial charge in [0.05, 0.1) is 28.0 Å². The fourth-order valence-electron chi connectivity index (χ4n) is 8.23. The molecular formula is C33H39ClF2N6O5. The Morgan fingerprint density at radius 1 is 1.09 bits per heavy atom. The standard InChI is InChI=1S/C33H39ClF2N6O5/c1-21(2)24-5-10-38-42(24)33(26(43)39-23-4-3-22(34)15-25(23)47-29(35)36)8-11-40(12-9-33)20-31(28(45)46)6-13-41(14-7-31)27(44)32-16-30(17-32,18-32)19-37/h3-5,10,15,21,29H,6-9,11-14,16-18,20H2,1-2H3,(H,39,43)(H,45,46). The molecule has 2 aliphatic heterocycles. The molecule has 2 N–H and O–H groups in total. The summed E-state index contributed by atoms with van der Waals surface area (Å²) in [4.78, 5) is 44.0. The number of ether oxygens (including phenoxy) is 1. The number of amides is 2. The van der Waals surface area contributed by atoms with Gasteiger partial charge in [0.25, 0.3) is 5.91 Å². The summed E-state index contributed by atoms with van der Waals surface area (Å²) in [7, 11) is 0. The number of aliphatic carboxylic acids is 1. The van der Waals surface area contributed by atoms with Gasteiger partial charge in [0.2, 0.25) is 5.91 Å². The highest BCUT2D eigenvalue weighted by atomic mass is 35.5. The third kappa shape index (κ3) is 5.73. The topological polar surface area (TPSA) is 141 Å². The monoisotopic (exact) mass is 672 g/mol. The minimum Gasteiger partial charge on any atom is -0.481 e. The SMILES string of the molecule is CC(C)c1ccnn1C1(C(=O)Nc2ccc(Cl)cc2OC(F)F)CCN(CC2(C(=O)O)CCN(C(=O)C34CC(C#N)(C3)C4)CC2)CC1. The van der Waals surface area contributed by atoms with Crippen LogP contribution in [0.1, 0.15) is 70.4 Å². The molecule has 252 valence electrons. The zero-order valence-electron chi connectivity index (χ0n) is 26.5. The maximum Gasteiger partial charge on any atom is 0.387 e. The highest BCUT2D eigenvalue weighted by Crippen LogP contribution is 2.73. The zero-order valence-corrected chi connectivity index (χ0v) is 27.2. The maximum atomic E-state index is 14.2. The number of halogens is 3. The molecule has 3 aliphatic carbocycles. The number of anilines is 1. The Labute approximate surface area is 276 Å². The molecule has 5 aliphatic rings. The van der Waals surface area contributed by atoms with Gasteiger partial charge in [0, 0.05) is 55.7 Å². The second-order valence-electron chi connectivity index (χ2n) is 14.2. The van der Waals surface area contributed by atoms with Crippen LogP contribution in [0.4, 0.5) is 14.5 Å². The molecule has 14 heteroatoms. The Kier molecular flexibility index (Phi) is 8.49. The molecule has 2 bridgehead atoms. The van der Waals surface area contributed by atoms with E-state index in [4.69, 9.17) is 11.6 Å². The lowest BCUT2D eigenvalue weighted by molar-refractivity contribution is -0.198. The van der Waals surface area contributed by atoms with Crippen molar-refractivity contribution in [1.82, 2.24) is 19.6 Å². The molecule has 2 amide bonds. The molecule has 0 radical (unpaired) electrons. The van der Waals surface area contributed by atoms with E-state index in [1.165, 1.54) is 18.2 Å². The molecule has 0 atom stereocenters. The van der Waals surface area contributed by atoms with Gasteiger partial charge in [-0.25, -0.2) is 0 Å². The molecule has 2 saturated heterocycles. The second-order valence-corrected chi connectivity index (χ2v) is 14.6. The molecule has 1 aromatic heterocycles. The van der Waals surface area contributed by atoms with E-state index in [1.54, 1.807) is 15.8 Å². The average Bonchev–Trinajstić information content (AvgIpc) is 3.49. The molecule has 3 heterocycles. The fourth-order valence-corrected chi connectivity index (χ4v) is 8.39. The summed E-state index contributed by atoms with van der Waals surface area (Å²) in [6, 6.07) is 8.28. The summed E-state index contributed by atoms with van der Waals surface area (Å²) in [5, 5.41) is 27.3. The molecule has 11 nitrogen and oxygen atoms in total. The van der Waals surface area contributed by atoms with Crippen LogP contribution in [-0.4, -0.2) is 81.8 Å². The largest absolute Gasteiger partial charge is 0.481 e. The van der Waals surface area contributed by atoms with Gasteiger partial charge >= 0.3 is 12.6 Å². The number of nitrogens with zero attached hydrogens (tertiary/aromatic N) is 5. The lowest BCUT2D eigenvalue weighted by atomic mass is 9.35. The summed E-state index contributed by atoms with van der Waals surface area (Å²) in [5.41, 5.74) is -2.12. The van der Waals surface area contributed by atoms with Crippen molar-refractivity contribution < 1.29 is 33.0 Å². The van der Waals surface area contributed by atoms with E-state index >= 15 is 0 Å². The highest BCUT2D eigenvalue weighted by molar-refractivity contribution is 6.30. The summed E-state index contributed by atoms with van der Waals surface area (Å²) in [5.74, 6) is -1.53. The van der Waals surface area contributed by atoms with Crippen LogP contribution in [0.3, 0.4) is 0 Å². The van der Waals surface area contributed by atoms with Crippen molar-refractivity contribution in [2.24, 2.45) is 16.2 Å². The number of aromatic nitrogens is 2. The van der Waals surface area contributed by atoms with E-state index in [0.717, 1.165) is 5.69 Å². The number of carboxylic acid groups (broad SMARTS) is 1. The number of nitrogens with one attached hydrogen (secondary N) is 1. The Bertz CT molecular complexity index is 1590. The molecule has 0 unspecified atom stereocenters. The number of carbonyl (C=O) groups excluding carboxylic acids is 2. The van der Waals surface area contributed by atoms with Crippen LogP contribution in [0.5, 0.6) is 5.75 Å². The van der Waals surface area contributed by atoms with Crippen LogP contribution < -0.4 is 10.1 Å². The zero-order chi connectivity index (χ0) is 33.8. The highest BCUT2D eigenvalue weighted by Gasteiger charge is 2.73. The van der Waals surface area contributed by atoms with E-state index in [0.29, 0.717) is 71.1 Å². The van der Waals surface area contributed by atoms with Gasteiger partial charge in [-0.05, 0) is 69.1 Å². The summed E-state index contributed by atoms with van der Waals surface area (Å²) in [6.07, 6.45) is 4.66. The molecule has 7 rings (SSSR count). The summed E-state index contributed by atoms with van der Waals surface area (Å²) < 4.78 is 32.7. The normalized spacial score (nSPS) is 26.2. The number of carbonyl (C=O) groups is 3. The number of alkyl halides is 2. The van der Waals surface area contributed by atoms with Crippen molar-refractivity contribution in [1.29, 1.82) is 5.26 Å². The fraction of sp³-hybridized carbons (Fsp3) is 0.606. The molecule has 5 fully saturated rings. The first-order valence-electron chi connectivity index (χ1n) is 16.0. The Morgan fingerprint density at radius 2 is 1.74 bits per heavy atom. The number of carboxylic acids is 1. The van der Waals surface area contributed by atoms with E-state index in [9.17, 15) is 33.5 Å². The Balaban J connectivity index is 1.17. The van der Waals surface area contributed by atoms with Gasteiger partial charge in [-0.3, -0.25) is 19.1 Å². The van der Waals surface area contributed by atoms with Gasteiger partial charge in [-0.15, -0.1) is 0 Å². The van der Waals surface area contributed by atoms with Crippen LogP contribution in [0.2, 0.25) is 5.02 Å². The van der Waals surface area contributed by atoms with Gasteiger partial charge in [0.15, 0.2) is 5.75 Å². The summed E-state index contributed by atoms with van der Waals surface area (Å²) in [6.45, 7) is 2.61. The van der Waals surface area contributed by atoms with Crippen LogP contribution in [0.15, 0.2) is 30.5 Å². The number of likely N-dealkylation sites (tertiary alicyclic amines) is 2. The van der Waals surface area contributed by atoms with Crippen molar-refractivity contribution in [3.63, 3.8) is 0 Å². The predicted octanol–water partition coefficient (Wildman–Crippen LogP) is 5.08. The van der Waals surface area contributed by atoms with Crippen LogP contribution in [-0.2, 0) is 19.9 Å². The second kappa shape index (κ2) is 12.0. The first kappa shape index (κ1) is 33.2. The number of piperidine rings is 2. The quantitative estimate of drug-likeness (QED) is 0.356. The van der Waals surface area contributed by atoms with Crippen LogP contribution >= 0.6 is 11.6 Å². The van der Waals surface area contributed by atoms with Gasteiger partial charge in [0.1, 0.15) is 5.54 Å². The van der Waals surface area contributed by atoms with Crippen LogP contribution in [0.25, 0.3) is 0 Å². The number of hydrogen-bond donors (Lipinski definition) is 2. The average molecular weight is 673 g/mol. The van der Waals surface area contributed by atoms with Gasteiger partial charge in [-0.1, -0.05) is 25.4 Å². The third-order valence-electron chi connectivity index (χ3n) is 10.9. The predicted molar refractivity (Wildman–Crippen MR) is 167 cm³/mol. The molecule has 3 saturated carbocycles. The molecule has 0 spiro atoms. The van der Waals surface area contributed by atoms with Crippen molar-refractivity contribution in [2.45, 2.75) is 76.9 Å². The Hall–Kier alpha value is -3.76. The maximum absolute atomic E-state index is 14.2. The first-order chi connectivity index (χ1) is 22.3. The van der Waals surface area contributed by atoms with Gasteiger partial charge < -0.3 is 25.0 Å². The van der Waals surface area contributed by atoms with Crippen LogP contribution in [0, 0.1) is 27.6 Å². The van der Waals surface area contributed by atoms with E-state index in [1.807, 2.05) is 19.9 Å². The van der Waals surface area contributed by atoms with Crippen molar-refractivity contribution in [3.8, 4) is 11.8 Å². The van der Waals surface area contributed by atoms with E-state index < -0.39 is 34.9 Å². The molecule has 47 heavy (non-hydrogen) atoms. The van der Waals surface area contributed by atoms with E-state index in [2.05, 4.69) is 26.1 Å². The lowest BCUT2D eigenvalue weighted by Crippen LogP contribution is -2.68. The number of hydrogen-bond acceptors (Lipinski definition) is 7. The molecule has 1 aromatic carbocycles. The molecular weight excluding hydrogens is 634 g/mol. The number of nitriles is 1. The van der Waals surface area contributed by atoms with Crippen molar-refractivity contribution >= 4 is 35.1 Å².